The lowest BCUT2D eigenvalue weighted by atomic mass is 9.89. The molecule has 25 heavy (non-hydrogen) atoms. The molecule has 3 rings (SSSR count). The van der Waals surface area contributed by atoms with Gasteiger partial charge in [0, 0.05) is 12.2 Å². The zero-order valence-corrected chi connectivity index (χ0v) is 15.2. The smallest absolute Gasteiger partial charge is 0.258 e. The summed E-state index contributed by atoms with van der Waals surface area (Å²) in [5.74, 6) is 0.937. The number of carbonyl (C=O) groups is 1. The summed E-state index contributed by atoms with van der Waals surface area (Å²) in [6.07, 6.45) is 1.76. The Balaban J connectivity index is 2.02. The average molecular weight is 338 g/mol. The predicted molar refractivity (Wildman–Crippen MR) is 101 cm³/mol. The number of amides is 1. The minimum atomic E-state index is -0.538. The summed E-state index contributed by atoms with van der Waals surface area (Å²) in [6.45, 7) is 7.58. The number of benzene rings is 2. The maximum atomic E-state index is 13.1. The molecule has 0 spiro atoms. The number of ether oxygens (including phenoxy) is 1. The lowest BCUT2D eigenvalue weighted by Crippen LogP contribution is -2.57. The van der Waals surface area contributed by atoms with Crippen molar-refractivity contribution in [2.75, 3.05) is 18.5 Å². The van der Waals surface area contributed by atoms with E-state index in [0.717, 1.165) is 35.4 Å². The van der Waals surface area contributed by atoms with Gasteiger partial charge in [-0.15, -0.1) is 0 Å². The Hall–Kier alpha value is -2.49. The van der Waals surface area contributed by atoms with Gasteiger partial charge in [0.15, 0.2) is 0 Å². The second-order valence-electron chi connectivity index (χ2n) is 6.31. The predicted octanol–water partition coefficient (Wildman–Crippen LogP) is 4.63. The highest BCUT2D eigenvalue weighted by atomic mass is 16.5. The third kappa shape index (κ3) is 2.97. The first-order chi connectivity index (χ1) is 12.2. The van der Waals surface area contributed by atoms with Gasteiger partial charge in [-0.05, 0) is 49.6 Å². The highest BCUT2D eigenvalue weighted by Crippen LogP contribution is 2.40. The molecule has 4 heteroatoms. The molecule has 1 heterocycles. The van der Waals surface area contributed by atoms with Gasteiger partial charge in [-0.2, -0.15) is 0 Å². The van der Waals surface area contributed by atoms with Crippen molar-refractivity contribution in [2.45, 2.75) is 39.3 Å². The first-order valence-corrected chi connectivity index (χ1v) is 9.08. The molecule has 0 saturated heterocycles. The van der Waals surface area contributed by atoms with Gasteiger partial charge in [0.1, 0.15) is 11.4 Å². The molecule has 1 aliphatic heterocycles. The van der Waals surface area contributed by atoms with E-state index in [-0.39, 0.29) is 5.91 Å². The van der Waals surface area contributed by atoms with Crippen molar-refractivity contribution in [2.24, 2.45) is 0 Å². The van der Waals surface area contributed by atoms with E-state index in [2.05, 4.69) is 31.3 Å². The number of fused-ring (bicyclic) bond motifs is 1. The molecule has 0 radical (unpaired) electrons. The van der Waals surface area contributed by atoms with Crippen LogP contribution < -0.4 is 10.1 Å². The minimum absolute atomic E-state index is 0.0741. The molecule has 2 aromatic carbocycles. The molecule has 132 valence electrons. The van der Waals surface area contributed by atoms with Crippen LogP contribution in [0.4, 0.5) is 5.69 Å². The number of hydrogen-bond donors (Lipinski definition) is 1. The highest BCUT2D eigenvalue weighted by molar-refractivity contribution is 6.02. The van der Waals surface area contributed by atoms with Crippen molar-refractivity contribution in [1.29, 1.82) is 0 Å². The monoisotopic (exact) mass is 338 g/mol. The van der Waals surface area contributed by atoms with Gasteiger partial charge in [-0.25, -0.2) is 0 Å². The summed E-state index contributed by atoms with van der Waals surface area (Å²) >= 11 is 0. The van der Waals surface area contributed by atoms with Crippen LogP contribution in [0.2, 0.25) is 0 Å². The van der Waals surface area contributed by atoms with Crippen LogP contribution in [-0.2, 0) is 5.66 Å². The van der Waals surface area contributed by atoms with Crippen LogP contribution in [-0.4, -0.2) is 24.0 Å². The van der Waals surface area contributed by atoms with E-state index in [4.69, 9.17) is 4.74 Å². The third-order valence-corrected chi connectivity index (χ3v) is 4.84. The Labute approximate surface area is 149 Å². The number of hydrogen-bond acceptors (Lipinski definition) is 3. The molecule has 1 amide bonds. The Morgan fingerprint density at radius 2 is 1.76 bits per heavy atom. The number of nitrogens with zero attached hydrogens (tertiary/aromatic N) is 1. The summed E-state index contributed by atoms with van der Waals surface area (Å²) in [6, 6.07) is 15.8. The summed E-state index contributed by atoms with van der Waals surface area (Å²) in [4.78, 5) is 15.0. The Morgan fingerprint density at radius 1 is 1.04 bits per heavy atom. The molecule has 1 N–H and O–H groups in total. The van der Waals surface area contributed by atoms with Crippen molar-refractivity contribution in [3.05, 3.63) is 59.7 Å². The molecular weight excluding hydrogens is 312 g/mol. The van der Waals surface area contributed by atoms with Crippen LogP contribution in [0.5, 0.6) is 5.75 Å². The topological polar surface area (TPSA) is 41.6 Å². The van der Waals surface area contributed by atoms with Gasteiger partial charge < -0.3 is 15.0 Å². The van der Waals surface area contributed by atoms with Crippen LogP contribution in [0.1, 0.15) is 49.5 Å². The summed E-state index contributed by atoms with van der Waals surface area (Å²) in [5, 5.41) is 3.63. The van der Waals surface area contributed by atoms with Crippen molar-refractivity contribution in [1.82, 2.24) is 4.90 Å². The summed E-state index contributed by atoms with van der Waals surface area (Å²) in [7, 11) is 0. The van der Waals surface area contributed by atoms with Crippen LogP contribution in [0.25, 0.3) is 0 Å². The number of nitrogens with one attached hydrogen (secondary N) is 1. The zero-order valence-electron chi connectivity index (χ0n) is 15.2. The van der Waals surface area contributed by atoms with E-state index in [9.17, 15) is 4.79 Å². The lowest BCUT2D eigenvalue weighted by Gasteiger charge is -2.48. The fourth-order valence-electron chi connectivity index (χ4n) is 3.56. The number of rotatable bonds is 6. The van der Waals surface area contributed by atoms with Crippen molar-refractivity contribution < 1.29 is 9.53 Å². The standard InChI is InChI=1S/C21H26N2O2/c1-4-15-25-17-13-11-16(12-14-17)21(5-2)22-19-10-8-7-9-18(19)20(24)23(21)6-3/h7-14,22H,4-6,15H2,1-3H3. The average Bonchev–Trinajstić information content (AvgIpc) is 2.66. The zero-order chi connectivity index (χ0) is 17.9. The van der Waals surface area contributed by atoms with Crippen LogP contribution in [0.3, 0.4) is 0 Å². The Kier molecular flexibility index (Phi) is 4.98. The largest absolute Gasteiger partial charge is 0.494 e. The summed E-state index contributed by atoms with van der Waals surface area (Å²) < 4.78 is 5.69. The van der Waals surface area contributed by atoms with E-state index >= 15 is 0 Å². The van der Waals surface area contributed by atoms with E-state index < -0.39 is 5.66 Å². The maximum Gasteiger partial charge on any atom is 0.258 e. The van der Waals surface area contributed by atoms with Crippen molar-refractivity contribution >= 4 is 11.6 Å². The van der Waals surface area contributed by atoms with Gasteiger partial charge in [0.05, 0.1) is 12.2 Å². The Morgan fingerprint density at radius 3 is 2.40 bits per heavy atom. The molecule has 0 aromatic heterocycles. The van der Waals surface area contributed by atoms with E-state index in [1.165, 1.54) is 0 Å². The van der Waals surface area contributed by atoms with Crippen LogP contribution in [0, 0.1) is 0 Å². The van der Waals surface area contributed by atoms with Crippen LogP contribution >= 0.6 is 0 Å². The van der Waals surface area contributed by atoms with Gasteiger partial charge in [0.25, 0.3) is 5.91 Å². The van der Waals surface area contributed by atoms with Gasteiger partial charge in [-0.3, -0.25) is 4.79 Å². The highest BCUT2D eigenvalue weighted by Gasteiger charge is 2.43. The molecule has 2 aromatic rings. The second-order valence-corrected chi connectivity index (χ2v) is 6.31. The van der Waals surface area contributed by atoms with Crippen LogP contribution in [0.15, 0.2) is 48.5 Å². The van der Waals surface area contributed by atoms with Crippen molar-refractivity contribution in [3.63, 3.8) is 0 Å². The molecule has 0 fully saturated rings. The normalized spacial score (nSPS) is 19.3. The minimum Gasteiger partial charge on any atom is -0.494 e. The molecular formula is C21H26N2O2. The molecule has 1 atom stereocenters. The maximum absolute atomic E-state index is 13.1. The quantitative estimate of drug-likeness (QED) is 0.835. The molecule has 0 bridgehead atoms. The fraction of sp³-hybridized carbons (Fsp3) is 0.381. The van der Waals surface area contributed by atoms with Gasteiger partial charge in [-0.1, -0.05) is 38.1 Å². The fourth-order valence-corrected chi connectivity index (χ4v) is 3.56. The van der Waals surface area contributed by atoms with Gasteiger partial charge in [0.2, 0.25) is 0 Å². The molecule has 0 saturated carbocycles. The van der Waals surface area contributed by atoms with Gasteiger partial charge >= 0.3 is 0 Å². The number of carbonyl (C=O) groups excluding carboxylic acids is 1. The third-order valence-electron chi connectivity index (χ3n) is 4.84. The number of anilines is 1. The number of para-hydroxylation sites is 1. The van der Waals surface area contributed by atoms with E-state index in [1.54, 1.807) is 0 Å². The summed E-state index contributed by atoms with van der Waals surface area (Å²) in [5.41, 5.74) is 2.16. The second kappa shape index (κ2) is 7.18. The SMILES string of the molecule is CCCOc1ccc(C2(CC)Nc3ccccc3C(=O)N2CC)cc1. The lowest BCUT2D eigenvalue weighted by molar-refractivity contribution is 0.0503. The Bertz CT molecular complexity index is 742. The van der Waals surface area contributed by atoms with Crippen molar-refractivity contribution in [3.8, 4) is 5.75 Å². The molecule has 0 aliphatic carbocycles. The van der Waals surface area contributed by atoms with E-state index in [0.29, 0.717) is 13.2 Å². The molecule has 1 aliphatic rings. The molecule has 4 nitrogen and oxygen atoms in total. The first kappa shape index (κ1) is 17.3. The molecule has 1 unspecified atom stereocenters. The van der Waals surface area contributed by atoms with E-state index in [1.807, 2.05) is 48.2 Å². The first-order valence-electron chi connectivity index (χ1n) is 9.08.